The number of hydrogen-bond donors (Lipinski definition) is 0. The largest absolute Gasteiger partial charge is 0.223 e. The van der Waals surface area contributed by atoms with Crippen molar-refractivity contribution in [2.45, 2.75) is 24.0 Å². The highest BCUT2D eigenvalue weighted by Crippen LogP contribution is 2.31. The number of aromatic nitrogens is 2. The lowest BCUT2D eigenvalue weighted by Gasteiger charge is -2.11. The van der Waals surface area contributed by atoms with Crippen molar-refractivity contribution >= 4 is 21.4 Å². The molecule has 0 spiro atoms. The number of benzene rings is 1. The average molecular weight is 268 g/mol. The van der Waals surface area contributed by atoms with Gasteiger partial charge in [-0.3, -0.25) is 0 Å². The molecule has 0 aliphatic heterocycles. The van der Waals surface area contributed by atoms with Crippen LogP contribution in [0.4, 0.5) is 0 Å². The van der Waals surface area contributed by atoms with Crippen LogP contribution in [0.1, 0.15) is 22.7 Å². The molecule has 90 valence electrons. The van der Waals surface area contributed by atoms with E-state index in [9.17, 15) is 8.42 Å². The Labute approximate surface area is 104 Å². The van der Waals surface area contributed by atoms with E-state index in [-0.39, 0.29) is 0 Å². The van der Waals surface area contributed by atoms with Crippen molar-refractivity contribution in [2.24, 2.45) is 0 Å². The minimum Gasteiger partial charge on any atom is -0.223 e. The van der Waals surface area contributed by atoms with Crippen LogP contribution in [0.2, 0.25) is 0 Å². The van der Waals surface area contributed by atoms with Crippen molar-refractivity contribution in [3.8, 4) is 0 Å². The lowest BCUT2D eigenvalue weighted by Crippen LogP contribution is -2.10. The van der Waals surface area contributed by atoms with Gasteiger partial charge < -0.3 is 0 Å². The van der Waals surface area contributed by atoms with Crippen LogP contribution in [0, 0.1) is 6.92 Å². The van der Waals surface area contributed by atoms with E-state index < -0.39 is 15.1 Å². The summed E-state index contributed by atoms with van der Waals surface area (Å²) in [4.78, 5) is 1.04. The zero-order valence-electron chi connectivity index (χ0n) is 9.49. The summed E-state index contributed by atoms with van der Waals surface area (Å²) in [6, 6.07) is 8.45. The van der Waals surface area contributed by atoms with Gasteiger partial charge in [-0.25, -0.2) is 8.42 Å². The molecule has 1 aromatic heterocycles. The first-order valence-electron chi connectivity index (χ1n) is 5.11. The summed E-state index contributed by atoms with van der Waals surface area (Å²) in [7, 11) is -3.35. The van der Waals surface area contributed by atoms with E-state index in [0.29, 0.717) is 15.5 Å². The third-order valence-electron chi connectivity index (χ3n) is 2.59. The summed E-state index contributed by atoms with van der Waals surface area (Å²) in [6.45, 7) is 3.44. The Morgan fingerprint density at radius 2 is 1.88 bits per heavy atom. The lowest BCUT2D eigenvalue weighted by atomic mass is 10.3. The minimum atomic E-state index is -3.35. The van der Waals surface area contributed by atoms with Gasteiger partial charge in [0, 0.05) is 0 Å². The fourth-order valence-electron chi connectivity index (χ4n) is 1.56. The Morgan fingerprint density at radius 1 is 1.24 bits per heavy atom. The number of aryl methyl sites for hydroxylation is 1. The first-order chi connectivity index (χ1) is 8.03. The fraction of sp³-hybridized carbons (Fsp3) is 0.273. The van der Waals surface area contributed by atoms with Gasteiger partial charge in [-0.2, -0.15) is 0 Å². The van der Waals surface area contributed by atoms with Crippen LogP contribution >= 0.6 is 11.5 Å². The van der Waals surface area contributed by atoms with Crippen LogP contribution in [0.15, 0.2) is 35.2 Å². The molecular formula is C11H12N2O2S2. The van der Waals surface area contributed by atoms with Gasteiger partial charge in [0.1, 0.15) is 5.25 Å². The molecule has 0 radical (unpaired) electrons. The maximum Gasteiger partial charge on any atom is 0.186 e. The van der Waals surface area contributed by atoms with E-state index in [1.807, 2.05) is 0 Å². The van der Waals surface area contributed by atoms with Crippen molar-refractivity contribution in [3.05, 3.63) is 40.9 Å². The van der Waals surface area contributed by atoms with Crippen LogP contribution in [-0.2, 0) is 9.84 Å². The third-order valence-corrected chi connectivity index (χ3v) is 5.85. The Balaban J connectivity index is 2.45. The molecule has 17 heavy (non-hydrogen) atoms. The molecule has 2 aromatic rings. The van der Waals surface area contributed by atoms with Gasteiger partial charge in [0.2, 0.25) is 0 Å². The molecular weight excluding hydrogens is 256 g/mol. The predicted octanol–water partition coefficient (Wildman–Crippen LogP) is 2.38. The molecule has 2 rings (SSSR count). The van der Waals surface area contributed by atoms with Crippen LogP contribution in [0.5, 0.6) is 0 Å². The van der Waals surface area contributed by atoms with Gasteiger partial charge in [-0.1, -0.05) is 22.7 Å². The summed E-state index contributed by atoms with van der Waals surface area (Å²) < 4.78 is 28.4. The molecule has 0 aliphatic rings. The lowest BCUT2D eigenvalue weighted by molar-refractivity contribution is 0.586. The summed E-state index contributed by atoms with van der Waals surface area (Å²) in [5.41, 5.74) is 0.682. The highest BCUT2D eigenvalue weighted by atomic mass is 32.2. The molecule has 0 aliphatic carbocycles. The molecule has 0 saturated carbocycles. The van der Waals surface area contributed by atoms with Crippen molar-refractivity contribution < 1.29 is 8.42 Å². The second-order valence-electron chi connectivity index (χ2n) is 3.72. The van der Waals surface area contributed by atoms with Crippen LogP contribution in [-0.4, -0.2) is 18.0 Å². The first kappa shape index (κ1) is 12.2. The second-order valence-corrected chi connectivity index (χ2v) is 6.78. The second kappa shape index (κ2) is 4.54. The standard InChI is InChI=1S/C11H12N2O2S2/c1-8-11(16-13-12-8)9(2)17(14,15)10-6-4-3-5-7-10/h3-7,9H,1-2H3. The topological polar surface area (TPSA) is 59.9 Å². The van der Waals surface area contributed by atoms with Gasteiger partial charge in [0.25, 0.3) is 0 Å². The van der Waals surface area contributed by atoms with Gasteiger partial charge in [0.05, 0.1) is 15.5 Å². The van der Waals surface area contributed by atoms with Crippen molar-refractivity contribution in [3.63, 3.8) is 0 Å². The Bertz CT molecular complexity index is 605. The van der Waals surface area contributed by atoms with E-state index in [2.05, 4.69) is 9.59 Å². The summed E-state index contributed by atoms with van der Waals surface area (Å²) >= 11 is 1.14. The fourth-order valence-corrected chi connectivity index (χ4v) is 4.04. The molecule has 0 bridgehead atoms. The SMILES string of the molecule is Cc1nnsc1C(C)S(=O)(=O)c1ccccc1. The molecule has 0 N–H and O–H groups in total. The normalized spacial score (nSPS) is 13.5. The molecule has 4 nitrogen and oxygen atoms in total. The van der Waals surface area contributed by atoms with Gasteiger partial charge in [-0.15, -0.1) is 5.10 Å². The molecule has 1 unspecified atom stereocenters. The number of hydrogen-bond acceptors (Lipinski definition) is 5. The van der Waals surface area contributed by atoms with Crippen LogP contribution in [0.3, 0.4) is 0 Å². The predicted molar refractivity (Wildman–Crippen MR) is 66.7 cm³/mol. The quantitative estimate of drug-likeness (QED) is 0.857. The van der Waals surface area contributed by atoms with Crippen molar-refractivity contribution in [1.29, 1.82) is 0 Å². The summed E-state index contributed by atoms with van der Waals surface area (Å²) in [5, 5.41) is 3.24. The maximum absolute atomic E-state index is 12.3. The zero-order chi connectivity index (χ0) is 12.5. The molecule has 0 fully saturated rings. The molecule has 0 amide bonds. The number of sulfone groups is 1. The van der Waals surface area contributed by atoms with Crippen molar-refractivity contribution in [1.82, 2.24) is 9.59 Å². The first-order valence-corrected chi connectivity index (χ1v) is 7.43. The van der Waals surface area contributed by atoms with Crippen LogP contribution in [0.25, 0.3) is 0 Å². The Hall–Kier alpha value is -1.27. The number of nitrogens with zero attached hydrogens (tertiary/aromatic N) is 2. The van der Waals surface area contributed by atoms with E-state index in [0.717, 1.165) is 11.5 Å². The van der Waals surface area contributed by atoms with Gasteiger partial charge in [-0.05, 0) is 37.5 Å². The maximum atomic E-state index is 12.3. The minimum absolute atomic E-state index is 0.334. The zero-order valence-corrected chi connectivity index (χ0v) is 11.1. The van der Waals surface area contributed by atoms with Crippen LogP contribution < -0.4 is 0 Å². The van der Waals surface area contributed by atoms with Crippen molar-refractivity contribution in [2.75, 3.05) is 0 Å². The average Bonchev–Trinajstić information content (AvgIpc) is 2.75. The third kappa shape index (κ3) is 2.23. The smallest absolute Gasteiger partial charge is 0.186 e. The molecule has 0 saturated heterocycles. The van der Waals surface area contributed by atoms with Gasteiger partial charge >= 0.3 is 0 Å². The van der Waals surface area contributed by atoms with E-state index in [1.165, 1.54) is 0 Å². The Kier molecular flexibility index (Phi) is 3.26. The monoisotopic (exact) mass is 268 g/mol. The van der Waals surface area contributed by atoms with Gasteiger partial charge in [0.15, 0.2) is 9.84 Å². The van der Waals surface area contributed by atoms with E-state index in [4.69, 9.17) is 0 Å². The molecule has 1 aromatic carbocycles. The van der Waals surface area contributed by atoms with E-state index in [1.54, 1.807) is 44.2 Å². The summed E-state index contributed by atoms with van der Waals surface area (Å²) in [6.07, 6.45) is 0. The number of rotatable bonds is 3. The molecule has 6 heteroatoms. The Morgan fingerprint density at radius 3 is 2.41 bits per heavy atom. The highest BCUT2D eigenvalue weighted by Gasteiger charge is 2.27. The molecule has 1 heterocycles. The molecule has 1 atom stereocenters. The summed E-state index contributed by atoms with van der Waals surface area (Å²) in [5.74, 6) is 0. The van der Waals surface area contributed by atoms with E-state index >= 15 is 0 Å². The highest BCUT2D eigenvalue weighted by molar-refractivity contribution is 7.91.